The van der Waals surface area contributed by atoms with E-state index >= 15 is 0 Å². The quantitative estimate of drug-likeness (QED) is 0.844. The lowest BCUT2D eigenvalue weighted by molar-refractivity contribution is 0.349. The molecule has 1 N–H and O–H groups in total. The predicted octanol–water partition coefficient (Wildman–Crippen LogP) is 3.54. The second kappa shape index (κ2) is 5.13. The largest absolute Gasteiger partial charge is 0.367 e. The van der Waals surface area contributed by atoms with Crippen molar-refractivity contribution in [2.75, 3.05) is 5.32 Å². The zero-order valence-electron chi connectivity index (χ0n) is 9.83. The van der Waals surface area contributed by atoms with Gasteiger partial charge < -0.3 is 5.32 Å². The van der Waals surface area contributed by atoms with Crippen LogP contribution in [-0.2, 0) is 0 Å². The molecule has 1 aliphatic rings. The first kappa shape index (κ1) is 11.8. The molecule has 0 aliphatic heterocycles. The van der Waals surface area contributed by atoms with Crippen LogP contribution in [0.1, 0.15) is 38.4 Å². The second-order valence-corrected chi connectivity index (χ2v) is 5.45. The van der Waals surface area contributed by atoms with E-state index < -0.39 is 0 Å². The van der Waals surface area contributed by atoms with Gasteiger partial charge in [-0.15, -0.1) is 0 Å². The Balaban J connectivity index is 2.07. The first-order valence-electron chi connectivity index (χ1n) is 5.93. The third kappa shape index (κ3) is 2.94. The first-order valence-corrected chi connectivity index (χ1v) is 6.72. The van der Waals surface area contributed by atoms with Gasteiger partial charge in [-0.2, -0.15) is 0 Å². The SMILES string of the molecule is Cc1nc(Br)cc(NC2CCCCC2C)n1. The third-order valence-corrected chi connectivity index (χ3v) is 3.66. The lowest BCUT2D eigenvalue weighted by Gasteiger charge is -2.29. The van der Waals surface area contributed by atoms with Gasteiger partial charge in [-0.3, -0.25) is 0 Å². The van der Waals surface area contributed by atoms with Gasteiger partial charge in [0.25, 0.3) is 0 Å². The monoisotopic (exact) mass is 283 g/mol. The van der Waals surface area contributed by atoms with Crippen LogP contribution < -0.4 is 5.32 Å². The average molecular weight is 284 g/mol. The van der Waals surface area contributed by atoms with Crippen molar-refractivity contribution in [2.45, 2.75) is 45.6 Å². The summed E-state index contributed by atoms with van der Waals surface area (Å²) in [6.07, 6.45) is 5.27. The Morgan fingerprint density at radius 3 is 2.75 bits per heavy atom. The zero-order valence-corrected chi connectivity index (χ0v) is 11.4. The molecule has 2 atom stereocenters. The highest BCUT2D eigenvalue weighted by Gasteiger charge is 2.21. The number of aromatic nitrogens is 2. The van der Waals surface area contributed by atoms with Crippen LogP contribution in [0, 0.1) is 12.8 Å². The van der Waals surface area contributed by atoms with Gasteiger partial charge >= 0.3 is 0 Å². The minimum Gasteiger partial charge on any atom is -0.367 e. The highest BCUT2D eigenvalue weighted by molar-refractivity contribution is 9.10. The Kier molecular flexibility index (Phi) is 3.79. The molecule has 88 valence electrons. The van der Waals surface area contributed by atoms with Crippen molar-refractivity contribution in [3.05, 3.63) is 16.5 Å². The number of hydrogen-bond acceptors (Lipinski definition) is 3. The van der Waals surface area contributed by atoms with Gasteiger partial charge in [-0.05, 0) is 41.6 Å². The summed E-state index contributed by atoms with van der Waals surface area (Å²) < 4.78 is 0.853. The van der Waals surface area contributed by atoms with Gasteiger partial charge in [0, 0.05) is 12.1 Å². The molecule has 0 radical (unpaired) electrons. The molecular weight excluding hydrogens is 266 g/mol. The van der Waals surface area contributed by atoms with Crippen LogP contribution >= 0.6 is 15.9 Å². The summed E-state index contributed by atoms with van der Waals surface area (Å²) in [7, 11) is 0. The second-order valence-electron chi connectivity index (χ2n) is 4.64. The fraction of sp³-hybridized carbons (Fsp3) is 0.667. The number of nitrogens with one attached hydrogen (secondary N) is 1. The summed E-state index contributed by atoms with van der Waals surface area (Å²) in [4.78, 5) is 8.62. The van der Waals surface area contributed by atoms with Crippen LogP contribution in [0.5, 0.6) is 0 Å². The molecule has 3 nitrogen and oxygen atoms in total. The average Bonchev–Trinajstić information content (AvgIpc) is 2.20. The van der Waals surface area contributed by atoms with Crippen molar-refractivity contribution < 1.29 is 0 Å². The van der Waals surface area contributed by atoms with Crippen LogP contribution in [-0.4, -0.2) is 16.0 Å². The Hall–Kier alpha value is -0.640. The van der Waals surface area contributed by atoms with E-state index in [1.165, 1.54) is 25.7 Å². The molecule has 2 unspecified atom stereocenters. The Labute approximate surface area is 105 Å². The Morgan fingerprint density at radius 1 is 1.31 bits per heavy atom. The van der Waals surface area contributed by atoms with Crippen LogP contribution in [0.3, 0.4) is 0 Å². The molecule has 1 aromatic rings. The molecule has 0 spiro atoms. The molecule has 4 heteroatoms. The van der Waals surface area contributed by atoms with E-state index in [1.54, 1.807) is 0 Å². The van der Waals surface area contributed by atoms with Gasteiger partial charge in [-0.1, -0.05) is 19.8 Å². The predicted molar refractivity (Wildman–Crippen MR) is 69.5 cm³/mol. The Morgan fingerprint density at radius 2 is 2.06 bits per heavy atom. The summed E-state index contributed by atoms with van der Waals surface area (Å²) in [5.41, 5.74) is 0. The molecule has 1 heterocycles. The summed E-state index contributed by atoms with van der Waals surface area (Å²) in [5, 5.41) is 3.53. The van der Waals surface area contributed by atoms with Crippen LogP contribution in [0.4, 0.5) is 5.82 Å². The summed E-state index contributed by atoms with van der Waals surface area (Å²) in [6.45, 7) is 4.24. The molecule has 0 amide bonds. The number of aryl methyl sites for hydroxylation is 1. The summed E-state index contributed by atoms with van der Waals surface area (Å²) in [6, 6.07) is 2.52. The van der Waals surface area contributed by atoms with Crippen molar-refractivity contribution in [1.82, 2.24) is 9.97 Å². The van der Waals surface area contributed by atoms with Gasteiger partial charge in [0.1, 0.15) is 16.2 Å². The van der Waals surface area contributed by atoms with Gasteiger partial charge in [0.15, 0.2) is 0 Å². The molecule has 0 aromatic carbocycles. The molecule has 2 rings (SSSR count). The van der Waals surface area contributed by atoms with Gasteiger partial charge in [0.05, 0.1) is 0 Å². The molecule has 1 saturated carbocycles. The maximum Gasteiger partial charge on any atom is 0.131 e. The van der Waals surface area contributed by atoms with E-state index in [4.69, 9.17) is 0 Å². The summed E-state index contributed by atoms with van der Waals surface area (Å²) in [5.74, 6) is 2.49. The normalized spacial score (nSPS) is 25.4. The molecule has 0 saturated heterocycles. The van der Waals surface area contributed by atoms with Crippen molar-refractivity contribution in [2.24, 2.45) is 5.92 Å². The standard InChI is InChI=1S/C12H18BrN3/c1-8-5-3-4-6-10(8)16-12-7-11(13)14-9(2)15-12/h7-8,10H,3-6H2,1-2H3,(H,14,15,16). The van der Waals surface area contributed by atoms with Crippen LogP contribution in [0.2, 0.25) is 0 Å². The molecule has 16 heavy (non-hydrogen) atoms. The lowest BCUT2D eigenvalue weighted by atomic mass is 9.86. The first-order chi connectivity index (χ1) is 7.65. The maximum absolute atomic E-state index is 4.41. The van der Waals surface area contributed by atoms with Crippen molar-refractivity contribution >= 4 is 21.7 Å². The molecule has 0 bridgehead atoms. The van der Waals surface area contributed by atoms with Crippen molar-refractivity contribution in [3.8, 4) is 0 Å². The number of halogens is 1. The fourth-order valence-corrected chi connectivity index (χ4v) is 2.80. The molecule has 1 fully saturated rings. The van der Waals surface area contributed by atoms with E-state index in [1.807, 2.05) is 13.0 Å². The minimum absolute atomic E-state index is 0.565. The van der Waals surface area contributed by atoms with E-state index in [2.05, 4.69) is 38.1 Å². The fourth-order valence-electron chi connectivity index (χ4n) is 2.33. The molecular formula is C12H18BrN3. The smallest absolute Gasteiger partial charge is 0.131 e. The van der Waals surface area contributed by atoms with Crippen molar-refractivity contribution in [3.63, 3.8) is 0 Å². The number of hydrogen-bond donors (Lipinski definition) is 1. The highest BCUT2D eigenvalue weighted by Crippen LogP contribution is 2.26. The number of rotatable bonds is 2. The number of nitrogens with zero attached hydrogens (tertiary/aromatic N) is 2. The van der Waals surface area contributed by atoms with Crippen LogP contribution in [0.15, 0.2) is 10.7 Å². The molecule has 1 aliphatic carbocycles. The Bertz CT molecular complexity index is 347. The third-order valence-electron chi connectivity index (χ3n) is 3.25. The van der Waals surface area contributed by atoms with E-state index in [9.17, 15) is 0 Å². The molecule has 1 aromatic heterocycles. The lowest BCUT2D eigenvalue weighted by Crippen LogP contribution is -2.30. The number of anilines is 1. The van der Waals surface area contributed by atoms with E-state index in [0.717, 1.165) is 22.2 Å². The highest BCUT2D eigenvalue weighted by atomic mass is 79.9. The maximum atomic E-state index is 4.41. The zero-order chi connectivity index (χ0) is 11.5. The van der Waals surface area contributed by atoms with Crippen molar-refractivity contribution in [1.29, 1.82) is 0 Å². The van der Waals surface area contributed by atoms with Gasteiger partial charge in [0.2, 0.25) is 0 Å². The van der Waals surface area contributed by atoms with Crippen LogP contribution in [0.25, 0.3) is 0 Å². The topological polar surface area (TPSA) is 37.8 Å². The van der Waals surface area contributed by atoms with E-state index in [0.29, 0.717) is 6.04 Å². The van der Waals surface area contributed by atoms with Gasteiger partial charge in [-0.25, -0.2) is 9.97 Å². The van der Waals surface area contributed by atoms with E-state index in [-0.39, 0.29) is 0 Å². The summed E-state index contributed by atoms with van der Waals surface area (Å²) >= 11 is 3.40. The minimum atomic E-state index is 0.565.